The Labute approximate surface area is 111 Å². The lowest BCUT2D eigenvalue weighted by Gasteiger charge is -2.31. The van der Waals surface area contributed by atoms with E-state index < -0.39 is 16.4 Å². The molecule has 1 aromatic rings. The molecule has 1 unspecified atom stereocenters. The van der Waals surface area contributed by atoms with E-state index in [0.29, 0.717) is 6.54 Å². The third kappa shape index (κ3) is 3.48. The summed E-state index contributed by atoms with van der Waals surface area (Å²) in [6.45, 7) is 2.35. The quantitative estimate of drug-likeness (QED) is 0.621. The highest BCUT2D eigenvalue weighted by atomic mass is 19.1. The third-order valence-corrected chi connectivity index (χ3v) is 3.41. The van der Waals surface area contributed by atoms with E-state index in [-0.39, 0.29) is 6.10 Å². The minimum atomic E-state index is -0.775. The first kappa shape index (κ1) is 13.9. The molecule has 0 spiro atoms. The molecule has 1 fully saturated rings. The van der Waals surface area contributed by atoms with Crippen molar-refractivity contribution in [2.24, 2.45) is 0 Å². The Balaban J connectivity index is 2.03. The lowest BCUT2D eigenvalue weighted by molar-refractivity contribution is -0.387. The highest BCUT2D eigenvalue weighted by molar-refractivity contribution is 5.34. The fraction of sp³-hybridized carbons (Fsp3) is 0.538. The molecule has 5 nitrogen and oxygen atoms in total. The Kier molecular flexibility index (Phi) is 4.44. The van der Waals surface area contributed by atoms with E-state index in [0.717, 1.165) is 31.5 Å². The second kappa shape index (κ2) is 6.08. The highest BCUT2D eigenvalue weighted by Crippen LogP contribution is 2.20. The summed E-state index contributed by atoms with van der Waals surface area (Å²) in [5.41, 5.74) is 0.275. The Morgan fingerprint density at radius 3 is 3.00 bits per heavy atom. The molecule has 2 rings (SSSR count). The maximum Gasteiger partial charge on any atom is 0.304 e. The van der Waals surface area contributed by atoms with Crippen molar-refractivity contribution in [1.29, 1.82) is 0 Å². The summed E-state index contributed by atoms with van der Waals surface area (Å²) in [6.07, 6.45) is 2.31. The molecule has 0 saturated carbocycles. The zero-order valence-corrected chi connectivity index (χ0v) is 10.8. The van der Waals surface area contributed by atoms with Crippen molar-refractivity contribution in [2.45, 2.75) is 25.5 Å². The van der Waals surface area contributed by atoms with Gasteiger partial charge < -0.3 is 4.74 Å². The summed E-state index contributed by atoms with van der Waals surface area (Å²) in [7, 11) is 1.69. The second-order valence-corrected chi connectivity index (χ2v) is 4.78. The zero-order chi connectivity index (χ0) is 13.8. The van der Waals surface area contributed by atoms with Crippen LogP contribution in [-0.4, -0.2) is 36.1 Å². The average molecular weight is 268 g/mol. The van der Waals surface area contributed by atoms with Crippen LogP contribution >= 0.6 is 0 Å². The maximum absolute atomic E-state index is 13.5. The van der Waals surface area contributed by atoms with Crippen LogP contribution in [0.25, 0.3) is 0 Å². The Morgan fingerprint density at radius 1 is 1.58 bits per heavy atom. The normalized spacial score (nSPS) is 20.4. The molecule has 19 heavy (non-hydrogen) atoms. The molecule has 0 aromatic heterocycles. The lowest BCUT2D eigenvalue weighted by atomic mass is 10.1. The summed E-state index contributed by atoms with van der Waals surface area (Å²) < 4.78 is 18.8. The van der Waals surface area contributed by atoms with Crippen LogP contribution in [0.3, 0.4) is 0 Å². The predicted octanol–water partition coefficient (Wildman–Crippen LogP) is 2.34. The van der Waals surface area contributed by atoms with E-state index in [2.05, 4.69) is 4.90 Å². The molecule has 0 bridgehead atoms. The van der Waals surface area contributed by atoms with Crippen molar-refractivity contribution >= 4 is 5.69 Å². The van der Waals surface area contributed by atoms with Crippen LogP contribution in [0.1, 0.15) is 18.4 Å². The van der Waals surface area contributed by atoms with Crippen molar-refractivity contribution < 1.29 is 14.1 Å². The monoisotopic (exact) mass is 268 g/mol. The molecule has 1 heterocycles. The fourth-order valence-corrected chi connectivity index (χ4v) is 2.40. The van der Waals surface area contributed by atoms with Gasteiger partial charge >= 0.3 is 5.69 Å². The van der Waals surface area contributed by atoms with Gasteiger partial charge in [0.2, 0.25) is 5.82 Å². The zero-order valence-electron chi connectivity index (χ0n) is 10.8. The Morgan fingerprint density at radius 2 is 2.37 bits per heavy atom. The summed E-state index contributed by atoms with van der Waals surface area (Å²) >= 11 is 0. The highest BCUT2D eigenvalue weighted by Gasteiger charge is 2.20. The Hall–Kier alpha value is -1.53. The van der Waals surface area contributed by atoms with Crippen molar-refractivity contribution in [2.75, 3.05) is 20.2 Å². The van der Waals surface area contributed by atoms with Gasteiger partial charge in [0.25, 0.3) is 0 Å². The van der Waals surface area contributed by atoms with Crippen molar-refractivity contribution in [1.82, 2.24) is 4.90 Å². The number of nitrogens with zero attached hydrogens (tertiary/aromatic N) is 2. The van der Waals surface area contributed by atoms with Gasteiger partial charge in [0, 0.05) is 26.3 Å². The lowest BCUT2D eigenvalue weighted by Crippen LogP contribution is -2.38. The molecule has 6 heteroatoms. The first-order valence-electron chi connectivity index (χ1n) is 6.28. The van der Waals surface area contributed by atoms with Gasteiger partial charge in [0.1, 0.15) is 0 Å². The standard InChI is InChI=1S/C13H17FN2O3/c1-19-11-3-2-6-15(9-11)8-10-4-5-13(16(17)18)12(14)7-10/h4-5,7,11H,2-3,6,8-9H2,1H3. The second-order valence-electron chi connectivity index (χ2n) is 4.78. The van der Waals surface area contributed by atoms with Gasteiger partial charge in [-0.25, -0.2) is 0 Å². The van der Waals surface area contributed by atoms with Crippen molar-refractivity contribution in [3.05, 3.63) is 39.7 Å². The molecule has 1 atom stereocenters. The number of hydrogen-bond donors (Lipinski definition) is 0. The number of nitro groups is 1. The van der Waals surface area contributed by atoms with Gasteiger partial charge in [-0.3, -0.25) is 15.0 Å². The third-order valence-electron chi connectivity index (χ3n) is 3.41. The van der Waals surface area contributed by atoms with Gasteiger partial charge in [0.15, 0.2) is 0 Å². The minimum Gasteiger partial charge on any atom is -0.380 e. The van der Waals surface area contributed by atoms with E-state index in [1.54, 1.807) is 13.2 Å². The summed E-state index contributed by atoms with van der Waals surface area (Å²) in [6, 6.07) is 4.08. The van der Waals surface area contributed by atoms with Gasteiger partial charge in [-0.15, -0.1) is 0 Å². The number of hydrogen-bond acceptors (Lipinski definition) is 4. The maximum atomic E-state index is 13.5. The van der Waals surface area contributed by atoms with Gasteiger partial charge in [0.05, 0.1) is 11.0 Å². The molecule has 0 aliphatic carbocycles. The fourth-order valence-electron chi connectivity index (χ4n) is 2.40. The van der Waals surface area contributed by atoms with Crippen molar-refractivity contribution in [3.63, 3.8) is 0 Å². The number of rotatable bonds is 4. The molecule has 1 aliphatic rings. The number of ether oxygens (including phenoxy) is 1. The van der Waals surface area contributed by atoms with Crippen LogP contribution < -0.4 is 0 Å². The smallest absolute Gasteiger partial charge is 0.304 e. The molecular weight excluding hydrogens is 251 g/mol. The first-order chi connectivity index (χ1) is 9.10. The first-order valence-corrected chi connectivity index (χ1v) is 6.28. The molecule has 0 amide bonds. The van der Waals surface area contributed by atoms with E-state index in [1.807, 2.05) is 0 Å². The number of benzene rings is 1. The van der Waals surface area contributed by atoms with Gasteiger partial charge in [-0.2, -0.15) is 4.39 Å². The predicted molar refractivity (Wildman–Crippen MR) is 68.4 cm³/mol. The topological polar surface area (TPSA) is 55.6 Å². The van der Waals surface area contributed by atoms with Gasteiger partial charge in [-0.05, 0) is 31.0 Å². The van der Waals surface area contributed by atoms with Crippen LogP contribution in [0.2, 0.25) is 0 Å². The molecule has 1 saturated heterocycles. The van der Waals surface area contributed by atoms with Crippen LogP contribution in [0.4, 0.5) is 10.1 Å². The average Bonchev–Trinajstić information content (AvgIpc) is 2.38. The number of piperidine rings is 1. The number of likely N-dealkylation sites (tertiary alicyclic amines) is 1. The summed E-state index contributed by atoms with van der Waals surface area (Å²) in [4.78, 5) is 12.0. The molecular formula is C13H17FN2O3. The number of nitro benzene ring substituents is 1. The van der Waals surface area contributed by atoms with E-state index in [9.17, 15) is 14.5 Å². The van der Waals surface area contributed by atoms with E-state index in [1.165, 1.54) is 12.1 Å². The van der Waals surface area contributed by atoms with Gasteiger partial charge in [-0.1, -0.05) is 6.07 Å². The Bertz CT molecular complexity index is 467. The van der Waals surface area contributed by atoms with E-state index in [4.69, 9.17) is 4.74 Å². The SMILES string of the molecule is COC1CCCN(Cc2ccc([N+](=O)[O-])c(F)c2)C1. The van der Waals surface area contributed by atoms with Crippen LogP contribution in [0.5, 0.6) is 0 Å². The molecule has 1 aliphatic heterocycles. The molecule has 0 N–H and O–H groups in total. The number of methoxy groups -OCH3 is 1. The largest absolute Gasteiger partial charge is 0.380 e. The molecule has 104 valence electrons. The van der Waals surface area contributed by atoms with Crippen LogP contribution in [0.15, 0.2) is 18.2 Å². The van der Waals surface area contributed by atoms with Crippen molar-refractivity contribution in [3.8, 4) is 0 Å². The summed E-state index contributed by atoms with van der Waals surface area (Å²) in [5.74, 6) is -0.775. The molecule has 1 aromatic carbocycles. The van der Waals surface area contributed by atoms with Crippen LogP contribution in [0, 0.1) is 15.9 Å². The number of halogens is 1. The van der Waals surface area contributed by atoms with Crippen LogP contribution in [-0.2, 0) is 11.3 Å². The molecule has 0 radical (unpaired) electrons. The van der Waals surface area contributed by atoms with E-state index >= 15 is 0 Å². The summed E-state index contributed by atoms with van der Waals surface area (Å²) in [5, 5.41) is 10.5. The minimum absolute atomic E-state index is 0.219.